The number of aromatic nitrogens is 1. The molecule has 1 aliphatic rings. The van der Waals surface area contributed by atoms with Crippen LogP contribution in [0.5, 0.6) is 0 Å². The van der Waals surface area contributed by atoms with Crippen molar-refractivity contribution < 1.29 is 14.3 Å². The molecule has 1 aromatic heterocycles. The highest BCUT2D eigenvalue weighted by Crippen LogP contribution is 2.37. The molecule has 4 rings (SSSR count). The Hall–Kier alpha value is -3.87. The molecule has 1 saturated heterocycles. The number of carbonyl (C=O) groups is 2. The van der Waals surface area contributed by atoms with Crippen molar-refractivity contribution in [3.05, 3.63) is 76.6 Å². The molecule has 0 spiro atoms. The van der Waals surface area contributed by atoms with Gasteiger partial charge in [-0.05, 0) is 56.5 Å². The second kappa shape index (κ2) is 9.55. The molecule has 3 N–H and O–H groups in total. The summed E-state index contributed by atoms with van der Waals surface area (Å²) in [5.74, 6) is -0.238. The minimum absolute atomic E-state index is 0.238. The van der Waals surface area contributed by atoms with Crippen molar-refractivity contribution in [3.63, 3.8) is 0 Å². The molecule has 1 unspecified atom stereocenters. The Balaban J connectivity index is 1.78. The number of benzene rings is 2. The van der Waals surface area contributed by atoms with Gasteiger partial charge in [0, 0.05) is 36.6 Å². The van der Waals surface area contributed by atoms with Crippen LogP contribution >= 0.6 is 0 Å². The molecule has 0 radical (unpaired) electrons. The zero-order chi connectivity index (χ0) is 24.4. The predicted octanol–water partition coefficient (Wildman–Crippen LogP) is 4.91. The third-order valence-corrected chi connectivity index (χ3v) is 5.92. The number of carbonyl (C=O) groups excluding carboxylic acids is 2. The topological polar surface area (TPSA) is 97.6 Å². The Bertz CT molecular complexity index is 1210. The molecule has 1 fully saturated rings. The van der Waals surface area contributed by atoms with Crippen molar-refractivity contribution in [1.82, 2.24) is 4.98 Å². The van der Waals surface area contributed by atoms with E-state index in [1.807, 2.05) is 39.8 Å². The lowest BCUT2D eigenvalue weighted by Gasteiger charge is -2.25. The van der Waals surface area contributed by atoms with Crippen molar-refractivity contribution in [2.24, 2.45) is 5.73 Å². The van der Waals surface area contributed by atoms with Crippen LogP contribution in [0, 0.1) is 27.7 Å². The second-order valence-corrected chi connectivity index (χ2v) is 9.08. The number of primary amides is 1. The number of nitrogens with zero attached hydrogens (tertiary/aromatic N) is 2. The molecule has 0 saturated carbocycles. The Kier molecular flexibility index (Phi) is 6.54. The molecule has 2 heterocycles. The molecule has 1 atom stereocenters. The Morgan fingerprint density at radius 2 is 1.59 bits per heavy atom. The number of ether oxygens (including phenoxy) is 1. The van der Waals surface area contributed by atoms with E-state index in [2.05, 4.69) is 39.5 Å². The average Bonchev–Trinajstić information content (AvgIpc) is 3.19. The van der Waals surface area contributed by atoms with E-state index in [0.717, 1.165) is 44.8 Å². The van der Waals surface area contributed by atoms with Crippen molar-refractivity contribution in [2.75, 3.05) is 23.3 Å². The van der Waals surface area contributed by atoms with E-state index < -0.39 is 6.09 Å². The number of aryl methyl sites for hydroxylation is 4. The van der Waals surface area contributed by atoms with Crippen LogP contribution in [-0.4, -0.2) is 36.2 Å². The standard InChI is InChI=1S/C27H30N4O3/c1-16-7-17(2)10-20(9-16)23-13-29-14-24(25(23)31-6-5-22(15-31)34-27(28)33)26(32)30-21-11-18(3)8-19(4)12-21/h7-14,22H,5-6,15H2,1-4H3,(H2,28,33)(H,30,32). The van der Waals surface area contributed by atoms with Crippen LogP contribution in [0.25, 0.3) is 11.1 Å². The molecule has 2 aromatic carbocycles. The van der Waals surface area contributed by atoms with E-state index in [0.29, 0.717) is 25.1 Å². The summed E-state index contributed by atoms with van der Waals surface area (Å²) in [7, 11) is 0. The minimum atomic E-state index is -0.788. The van der Waals surface area contributed by atoms with E-state index in [4.69, 9.17) is 10.5 Å². The van der Waals surface area contributed by atoms with E-state index in [9.17, 15) is 9.59 Å². The summed E-state index contributed by atoms with van der Waals surface area (Å²) in [6, 6.07) is 12.2. The Labute approximate surface area is 199 Å². The number of nitrogens with two attached hydrogens (primary N) is 1. The number of nitrogens with one attached hydrogen (secondary N) is 1. The summed E-state index contributed by atoms with van der Waals surface area (Å²) in [6.45, 7) is 9.18. The van der Waals surface area contributed by atoms with Gasteiger partial charge >= 0.3 is 6.09 Å². The van der Waals surface area contributed by atoms with Gasteiger partial charge in [0.1, 0.15) is 6.10 Å². The van der Waals surface area contributed by atoms with Gasteiger partial charge < -0.3 is 20.7 Å². The first kappa shape index (κ1) is 23.3. The first-order chi connectivity index (χ1) is 16.2. The van der Waals surface area contributed by atoms with Gasteiger partial charge in [-0.3, -0.25) is 9.78 Å². The van der Waals surface area contributed by atoms with Gasteiger partial charge in [0.05, 0.1) is 17.8 Å². The first-order valence-electron chi connectivity index (χ1n) is 11.4. The van der Waals surface area contributed by atoms with Crippen LogP contribution in [0.2, 0.25) is 0 Å². The molecule has 176 valence electrons. The number of anilines is 2. The smallest absolute Gasteiger partial charge is 0.404 e. The van der Waals surface area contributed by atoms with Gasteiger partial charge in [0.25, 0.3) is 5.91 Å². The molecule has 7 nitrogen and oxygen atoms in total. The maximum absolute atomic E-state index is 13.5. The largest absolute Gasteiger partial charge is 0.444 e. The summed E-state index contributed by atoms with van der Waals surface area (Å²) < 4.78 is 5.25. The minimum Gasteiger partial charge on any atom is -0.444 e. The normalized spacial score (nSPS) is 15.3. The van der Waals surface area contributed by atoms with Gasteiger partial charge in [0.15, 0.2) is 0 Å². The SMILES string of the molecule is Cc1cc(C)cc(NC(=O)c2cncc(-c3cc(C)cc(C)c3)c2N2CCC(OC(N)=O)C2)c1. The summed E-state index contributed by atoms with van der Waals surface area (Å²) in [6.07, 6.45) is 2.91. The van der Waals surface area contributed by atoms with Gasteiger partial charge in [-0.15, -0.1) is 0 Å². The molecule has 7 heteroatoms. The van der Waals surface area contributed by atoms with E-state index in [1.165, 1.54) is 0 Å². The highest BCUT2D eigenvalue weighted by Gasteiger charge is 2.30. The van der Waals surface area contributed by atoms with E-state index >= 15 is 0 Å². The number of hydrogen-bond acceptors (Lipinski definition) is 5. The number of amides is 2. The molecule has 1 aliphatic heterocycles. The van der Waals surface area contributed by atoms with Gasteiger partial charge in [-0.2, -0.15) is 0 Å². The monoisotopic (exact) mass is 458 g/mol. The molecule has 2 amide bonds. The van der Waals surface area contributed by atoms with Crippen LogP contribution in [0.3, 0.4) is 0 Å². The molecular weight excluding hydrogens is 428 g/mol. The number of rotatable bonds is 5. The summed E-state index contributed by atoms with van der Waals surface area (Å²) in [5, 5.41) is 3.04. The molecule has 34 heavy (non-hydrogen) atoms. The van der Waals surface area contributed by atoms with Crippen molar-refractivity contribution >= 4 is 23.4 Å². The predicted molar refractivity (Wildman–Crippen MR) is 134 cm³/mol. The molecule has 0 bridgehead atoms. The van der Waals surface area contributed by atoms with Crippen molar-refractivity contribution in [2.45, 2.75) is 40.2 Å². The molecule has 3 aromatic rings. The second-order valence-electron chi connectivity index (χ2n) is 9.08. The zero-order valence-corrected chi connectivity index (χ0v) is 20.0. The third-order valence-electron chi connectivity index (χ3n) is 5.92. The number of pyridine rings is 1. The fourth-order valence-electron chi connectivity index (χ4n) is 4.74. The molecular formula is C27H30N4O3. The van der Waals surface area contributed by atoms with E-state index in [1.54, 1.807) is 12.4 Å². The van der Waals surface area contributed by atoms with Crippen LogP contribution in [0.15, 0.2) is 48.8 Å². The fraction of sp³-hybridized carbons (Fsp3) is 0.296. The van der Waals surface area contributed by atoms with Gasteiger partial charge in [-0.1, -0.05) is 35.4 Å². The third kappa shape index (κ3) is 5.20. The average molecular weight is 459 g/mol. The number of hydrogen-bond donors (Lipinski definition) is 2. The highest BCUT2D eigenvalue weighted by atomic mass is 16.6. The molecule has 0 aliphatic carbocycles. The summed E-state index contributed by atoms with van der Waals surface area (Å²) in [5.41, 5.74) is 13.5. The van der Waals surface area contributed by atoms with Crippen molar-refractivity contribution in [1.29, 1.82) is 0 Å². The fourth-order valence-corrected chi connectivity index (χ4v) is 4.74. The maximum Gasteiger partial charge on any atom is 0.404 e. The lowest BCUT2D eigenvalue weighted by Crippen LogP contribution is -2.29. The first-order valence-corrected chi connectivity index (χ1v) is 11.4. The summed E-state index contributed by atoms with van der Waals surface area (Å²) >= 11 is 0. The van der Waals surface area contributed by atoms with Crippen LogP contribution in [0.4, 0.5) is 16.2 Å². The Morgan fingerprint density at radius 1 is 0.971 bits per heavy atom. The lowest BCUT2D eigenvalue weighted by atomic mass is 9.98. The van der Waals surface area contributed by atoms with Crippen LogP contribution < -0.4 is 16.0 Å². The Morgan fingerprint density at radius 3 is 2.21 bits per heavy atom. The van der Waals surface area contributed by atoms with Gasteiger partial charge in [0.2, 0.25) is 0 Å². The lowest BCUT2D eigenvalue weighted by molar-refractivity contribution is 0.102. The zero-order valence-electron chi connectivity index (χ0n) is 20.0. The maximum atomic E-state index is 13.5. The quantitative estimate of drug-likeness (QED) is 0.566. The van der Waals surface area contributed by atoms with Crippen LogP contribution in [0.1, 0.15) is 39.0 Å². The van der Waals surface area contributed by atoms with Gasteiger partial charge in [-0.25, -0.2) is 4.79 Å². The highest BCUT2D eigenvalue weighted by molar-refractivity contribution is 6.10. The van der Waals surface area contributed by atoms with E-state index in [-0.39, 0.29) is 12.0 Å². The van der Waals surface area contributed by atoms with Crippen molar-refractivity contribution in [3.8, 4) is 11.1 Å². The van der Waals surface area contributed by atoms with Crippen LogP contribution in [-0.2, 0) is 4.74 Å². The summed E-state index contributed by atoms with van der Waals surface area (Å²) in [4.78, 5) is 31.3.